The van der Waals surface area contributed by atoms with E-state index in [1.54, 1.807) is 0 Å². The Bertz CT molecular complexity index is 245. The van der Waals surface area contributed by atoms with E-state index in [2.05, 4.69) is 22.5 Å². The summed E-state index contributed by atoms with van der Waals surface area (Å²) in [6.45, 7) is 7.39. The van der Waals surface area contributed by atoms with Crippen molar-refractivity contribution >= 4 is 5.91 Å². The number of amides is 1. The normalized spacial score (nSPS) is 24.8. The van der Waals surface area contributed by atoms with Gasteiger partial charge >= 0.3 is 0 Å². The van der Waals surface area contributed by atoms with E-state index in [0.717, 1.165) is 32.5 Å². The first-order valence-electron chi connectivity index (χ1n) is 7.00. The zero-order valence-corrected chi connectivity index (χ0v) is 10.9. The number of piperidine rings is 1. The van der Waals surface area contributed by atoms with Gasteiger partial charge in [-0.2, -0.15) is 0 Å². The molecule has 2 saturated heterocycles. The highest BCUT2D eigenvalue weighted by atomic mass is 16.1. The molecular formula is C13H25N3O. The summed E-state index contributed by atoms with van der Waals surface area (Å²) in [6, 6.07) is 0.489. The molecule has 4 nitrogen and oxygen atoms in total. The van der Waals surface area contributed by atoms with E-state index in [4.69, 9.17) is 0 Å². The SMILES string of the molecule is CC(CNC(=O)C1CCNCC1)N1CCCC1. The Morgan fingerprint density at radius 1 is 1.35 bits per heavy atom. The minimum Gasteiger partial charge on any atom is -0.354 e. The lowest BCUT2D eigenvalue weighted by Crippen LogP contribution is -2.44. The maximum absolute atomic E-state index is 12.0. The number of hydrogen-bond acceptors (Lipinski definition) is 3. The third kappa shape index (κ3) is 3.68. The lowest BCUT2D eigenvalue weighted by molar-refractivity contribution is -0.125. The number of rotatable bonds is 4. The van der Waals surface area contributed by atoms with E-state index in [9.17, 15) is 4.79 Å². The van der Waals surface area contributed by atoms with Crippen LogP contribution in [0.3, 0.4) is 0 Å². The molecule has 1 amide bonds. The predicted octanol–water partition coefficient (Wildman–Crippen LogP) is 0.587. The number of nitrogens with one attached hydrogen (secondary N) is 2. The molecule has 2 rings (SSSR count). The van der Waals surface area contributed by atoms with Crippen LogP contribution in [-0.4, -0.2) is 49.6 Å². The molecule has 2 aliphatic rings. The number of carbonyl (C=O) groups is 1. The lowest BCUT2D eigenvalue weighted by atomic mass is 9.97. The average Bonchev–Trinajstić information content (AvgIpc) is 2.90. The van der Waals surface area contributed by atoms with Crippen molar-refractivity contribution in [3.63, 3.8) is 0 Å². The summed E-state index contributed by atoms with van der Waals surface area (Å²) in [5.74, 6) is 0.500. The molecule has 0 aromatic carbocycles. The summed E-state index contributed by atoms with van der Waals surface area (Å²) in [4.78, 5) is 14.4. The van der Waals surface area contributed by atoms with Crippen molar-refractivity contribution in [2.45, 2.75) is 38.6 Å². The van der Waals surface area contributed by atoms with Crippen molar-refractivity contribution in [2.75, 3.05) is 32.7 Å². The number of carbonyl (C=O) groups excluding carboxylic acids is 1. The highest BCUT2D eigenvalue weighted by Gasteiger charge is 2.22. The molecule has 0 spiro atoms. The molecule has 0 aromatic heterocycles. The van der Waals surface area contributed by atoms with Gasteiger partial charge in [0, 0.05) is 18.5 Å². The average molecular weight is 239 g/mol. The van der Waals surface area contributed by atoms with Gasteiger partial charge in [-0.15, -0.1) is 0 Å². The van der Waals surface area contributed by atoms with Crippen molar-refractivity contribution in [3.05, 3.63) is 0 Å². The summed E-state index contributed by atoms with van der Waals surface area (Å²) in [5, 5.41) is 6.41. The fourth-order valence-corrected chi connectivity index (χ4v) is 2.79. The van der Waals surface area contributed by atoms with Crippen LogP contribution >= 0.6 is 0 Å². The lowest BCUT2D eigenvalue weighted by Gasteiger charge is -2.26. The van der Waals surface area contributed by atoms with Crippen LogP contribution in [0.25, 0.3) is 0 Å². The van der Waals surface area contributed by atoms with Gasteiger partial charge in [-0.05, 0) is 58.8 Å². The fourth-order valence-electron chi connectivity index (χ4n) is 2.79. The first-order valence-corrected chi connectivity index (χ1v) is 7.00. The molecule has 0 saturated carbocycles. The zero-order valence-electron chi connectivity index (χ0n) is 10.9. The Labute approximate surface area is 104 Å². The van der Waals surface area contributed by atoms with Gasteiger partial charge in [-0.1, -0.05) is 0 Å². The summed E-state index contributed by atoms with van der Waals surface area (Å²) in [5.41, 5.74) is 0. The second kappa shape index (κ2) is 6.36. The van der Waals surface area contributed by atoms with E-state index in [-0.39, 0.29) is 11.8 Å². The topological polar surface area (TPSA) is 44.4 Å². The molecule has 0 radical (unpaired) electrons. The second-order valence-electron chi connectivity index (χ2n) is 5.36. The van der Waals surface area contributed by atoms with Gasteiger partial charge in [0.2, 0.25) is 5.91 Å². The molecule has 1 atom stereocenters. The fraction of sp³-hybridized carbons (Fsp3) is 0.923. The van der Waals surface area contributed by atoms with Gasteiger partial charge in [0.1, 0.15) is 0 Å². The third-order valence-corrected chi connectivity index (χ3v) is 4.05. The first kappa shape index (κ1) is 12.8. The van der Waals surface area contributed by atoms with E-state index >= 15 is 0 Å². The summed E-state index contributed by atoms with van der Waals surface area (Å²) in [7, 11) is 0. The van der Waals surface area contributed by atoms with Crippen molar-refractivity contribution in [1.29, 1.82) is 0 Å². The highest BCUT2D eigenvalue weighted by Crippen LogP contribution is 2.13. The molecule has 0 aliphatic carbocycles. The standard InChI is InChI=1S/C13H25N3O/c1-11(16-8-2-3-9-16)10-15-13(17)12-4-6-14-7-5-12/h11-12,14H,2-10H2,1H3,(H,15,17). The molecule has 17 heavy (non-hydrogen) atoms. The quantitative estimate of drug-likeness (QED) is 0.754. The molecule has 0 bridgehead atoms. The Morgan fingerprint density at radius 2 is 2.00 bits per heavy atom. The van der Waals surface area contributed by atoms with Crippen LogP contribution in [0.2, 0.25) is 0 Å². The van der Waals surface area contributed by atoms with Crippen molar-refractivity contribution in [1.82, 2.24) is 15.5 Å². The molecule has 98 valence electrons. The molecule has 2 aliphatic heterocycles. The van der Waals surface area contributed by atoms with Crippen LogP contribution in [-0.2, 0) is 4.79 Å². The van der Waals surface area contributed by atoms with Crippen LogP contribution in [0.5, 0.6) is 0 Å². The Balaban J connectivity index is 1.67. The van der Waals surface area contributed by atoms with E-state index in [1.807, 2.05) is 0 Å². The predicted molar refractivity (Wildman–Crippen MR) is 68.9 cm³/mol. The van der Waals surface area contributed by atoms with Crippen molar-refractivity contribution < 1.29 is 4.79 Å². The highest BCUT2D eigenvalue weighted by molar-refractivity contribution is 5.78. The number of likely N-dealkylation sites (tertiary alicyclic amines) is 1. The molecule has 2 heterocycles. The van der Waals surface area contributed by atoms with Crippen molar-refractivity contribution in [3.8, 4) is 0 Å². The summed E-state index contributed by atoms with van der Waals surface area (Å²) >= 11 is 0. The molecule has 0 aromatic rings. The molecule has 1 unspecified atom stereocenters. The van der Waals surface area contributed by atoms with Gasteiger partial charge in [-0.3, -0.25) is 9.69 Å². The van der Waals surface area contributed by atoms with Gasteiger partial charge in [0.25, 0.3) is 0 Å². The van der Waals surface area contributed by atoms with Crippen LogP contribution in [0.15, 0.2) is 0 Å². The molecule has 2 N–H and O–H groups in total. The first-order chi connectivity index (χ1) is 8.27. The smallest absolute Gasteiger partial charge is 0.223 e. The Hall–Kier alpha value is -0.610. The van der Waals surface area contributed by atoms with E-state index in [0.29, 0.717) is 6.04 Å². The van der Waals surface area contributed by atoms with Gasteiger partial charge in [0.05, 0.1) is 0 Å². The van der Waals surface area contributed by atoms with Gasteiger partial charge in [0.15, 0.2) is 0 Å². The van der Waals surface area contributed by atoms with Crippen molar-refractivity contribution in [2.24, 2.45) is 5.92 Å². The maximum Gasteiger partial charge on any atom is 0.223 e. The van der Waals surface area contributed by atoms with Crippen LogP contribution in [0, 0.1) is 5.92 Å². The Kier molecular flexibility index (Phi) is 4.80. The van der Waals surface area contributed by atoms with Gasteiger partial charge in [-0.25, -0.2) is 0 Å². The number of hydrogen-bond donors (Lipinski definition) is 2. The molecule has 4 heteroatoms. The number of nitrogens with zero attached hydrogens (tertiary/aromatic N) is 1. The van der Waals surface area contributed by atoms with E-state index < -0.39 is 0 Å². The largest absolute Gasteiger partial charge is 0.354 e. The monoisotopic (exact) mass is 239 g/mol. The van der Waals surface area contributed by atoms with Crippen LogP contribution in [0.4, 0.5) is 0 Å². The molecule has 2 fully saturated rings. The minimum absolute atomic E-state index is 0.238. The zero-order chi connectivity index (χ0) is 12.1. The van der Waals surface area contributed by atoms with Gasteiger partial charge < -0.3 is 10.6 Å². The summed E-state index contributed by atoms with van der Waals surface area (Å²) < 4.78 is 0. The summed E-state index contributed by atoms with van der Waals surface area (Å²) in [6.07, 6.45) is 4.60. The second-order valence-corrected chi connectivity index (χ2v) is 5.36. The minimum atomic E-state index is 0.238. The van der Waals surface area contributed by atoms with E-state index in [1.165, 1.54) is 25.9 Å². The van der Waals surface area contributed by atoms with Crippen LogP contribution in [0.1, 0.15) is 32.6 Å². The third-order valence-electron chi connectivity index (χ3n) is 4.05. The molecular weight excluding hydrogens is 214 g/mol. The van der Waals surface area contributed by atoms with Crippen LogP contribution < -0.4 is 10.6 Å². The Morgan fingerprint density at radius 3 is 2.65 bits per heavy atom. The maximum atomic E-state index is 12.0.